The fourth-order valence-electron chi connectivity index (χ4n) is 3.16. The molecule has 2 heterocycles. The summed E-state index contributed by atoms with van der Waals surface area (Å²) in [4.78, 5) is 9.54. The summed E-state index contributed by atoms with van der Waals surface area (Å²) in [5.74, 6) is 1.57. The highest BCUT2D eigenvalue weighted by Gasteiger charge is 2.06. The second kappa shape index (κ2) is 7.42. The number of aromatic nitrogens is 2. The monoisotopic (exact) mass is 351 g/mol. The van der Waals surface area contributed by atoms with Crippen molar-refractivity contribution in [3.05, 3.63) is 96.1 Å². The number of nitrogens with zero attached hydrogens (tertiary/aromatic N) is 2. The van der Waals surface area contributed by atoms with E-state index >= 15 is 0 Å². The van der Waals surface area contributed by atoms with Gasteiger partial charge in [-0.1, -0.05) is 60.7 Å². The Balaban J connectivity index is 1.64. The average Bonchev–Trinajstić information content (AvgIpc) is 2.69. The van der Waals surface area contributed by atoms with Crippen LogP contribution in [-0.4, -0.2) is 9.97 Å². The summed E-state index contributed by atoms with van der Waals surface area (Å²) < 4.78 is 0. The number of hydrogen-bond donors (Lipinski definition) is 1. The van der Waals surface area contributed by atoms with Crippen LogP contribution in [0.3, 0.4) is 0 Å². The summed E-state index contributed by atoms with van der Waals surface area (Å²) in [7, 11) is 0. The zero-order valence-corrected chi connectivity index (χ0v) is 15.5. The molecular formula is C24H21N3. The van der Waals surface area contributed by atoms with Crippen molar-refractivity contribution in [2.24, 2.45) is 0 Å². The number of aryl methyl sites for hydroxylation is 2. The van der Waals surface area contributed by atoms with Crippen LogP contribution in [-0.2, 0) is 0 Å². The van der Waals surface area contributed by atoms with Crippen molar-refractivity contribution in [2.45, 2.75) is 13.8 Å². The van der Waals surface area contributed by atoms with Crippen molar-refractivity contribution in [1.82, 2.24) is 9.97 Å². The Kier molecular flexibility index (Phi) is 4.67. The summed E-state index contributed by atoms with van der Waals surface area (Å²) in [6.07, 6.45) is 0. The molecule has 2 aromatic carbocycles. The molecule has 0 unspecified atom stereocenters. The Hall–Kier alpha value is -3.46. The summed E-state index contributed by atoms with van der Waals surface area (Å²) in [5, 5.41) is 3.34. The molecule has 0 saturated carbocycles. The van der Waals surface area contributed by atoms with Gasteiger partial charge in [-0.3, -0.25) is 0 Å². The molecule has 0 fully saturated rings. The van der Waals surface area contributed by atoms with Crippen LogP contribution in [0.25, 0.3) is 22.5 Å². The van der Waals surface area contributed by atoms with Crippen LogP contribution in [0.2, 0.25) is 0 Å². The topological polar surface area (TPSA) is 37.8 Å². The molecule has 4 rings (SSSR count). The number of benzene rings is 2. The number of anilines is 2. The molecular weight excluding hydrogens is 330 g/mol. The van der Waals surface area contributed by atoms with Gasteiger partial charge in [-0.2, -0.15) is 0 Å². The second-order valence-electron chi connectivity index (χ2n) is 6.57. The van der Waals surface area contributed by atoms with Gasteiger partial charge in [-0.15, -0.1) is 0 Å². The van der Waals surface area contributed by atoms with Gasteiger partial charge in [-0.25, -0.2) is 9.97 Å². The highest BCUT2D eigenvalue weighted by molar-refractivity contribution is 5.68. The lowest BCUT2D eigenvalue weighted by Gasteiger charge is -2.10. The van der Waals surface area contributed by atoms with E-state index in [2.05, 4.69) is 43.4 Å². The van der Waals surface area contributed by atoms with E-state index in [9.17, 15) is 0 Å². The van der Waals surface area contributed by atoms with Crippen LogP contribution >= 0.6 is 0 Å². The molecule has 0 aliphatic carbocycles. The number of nitrogens with one attached hydrogen (secondary N) is 1. The van der Waals surface area contributed by atoms with Crippen molar-refractivity contribution >= 4 is 11.6 Å². The SMILES string of the molecule is Cc1ccccc1-c1cccc(Nc2cccc(-c3ccccc3C)n2)n1. The molecule has 0 spiro atoms. The van der Waals surface area contributed by atoms with E-state index in [1.54, 1.807) is 0 Å². The van der Waals surface area contributed by atoms with E-state index in [-0.39, 0.29) is 0 Å². The maximum absolute atomic E-state index is 4.77. The molecule has 0 aliphatic heterocycles. The third-order valence-corrected chi connectivity index (χ3v) is 4.60. The lowest BCUT2D eigenvalue weighted by molar-refractivity contribution is 1.24. The van der Waals surface area contributed by atoms with Gasteiger partial charge in [0.2, 0.25) is 0 Å². The number of rotatable bonds is 4. The minimum atomic E-state index is 0.783. The zero-order valence-electron chi connectivity index (χ0n) is 15.5. The average molecular weight is 351 g/mol. The molecule has 0 radical (unpaired) electrons. The maximum Gasteiger partial charge on any atom is 0.132 e. The zero-order chi connectivity index (χ0) is 18.6. The molecule has 27 heavy (non-hydrogen) atoms. The van der Waals surface area contributed by atoms with Crippen molar-refractivity contribution < 1.29 is 0 Å². The first kappa shape index (κ1) is 17.0. The van der Waals surface area contributed by atoms with Crippen molar-refractivity contribution in [2.75, 3.05) is 5.32 Å². The normalized spacial score (nSPS) is 10.6. The first-order valence-corrected chi connectivity index (χ1v) is 9.04. The lowest BCUT2D eigenvalue weighted by atomic mass is 10.1. The predicted octanol–water partition coefficient (Wildman–Crippen LogP) is 6.17. The fourth-order valence-corrected chi connectivity index (χ4v) is 3.16. The Morgan fingerprint density at radius 2 is 0.963 bits per heavy atom. The summed E-state index contributed by atoms with van der Waals surface area (Å²) >= 11 is 0. The van der Waals surface area contributed by atoms with Gasteiger partial charge in [-0.05, 0) is 49.2 Å². The van der Waals surface area contributed by atoms with Crippen LogP contribution < -0.4 is 5.32 Å². The molecule has 0 bridgehead atoms. The third-order valence-electron chi connectivity index (χ3n) is 4.60. The van der Waals surface area contributed by atoms with Crippen molar-refractivity contribution in [3.8, 4) is 22.5 Å². The first-order valence-electron chi connectivity index (χ1n) is 9.04. The first-order chi connectivity index (χ1) is 13.2. The van der Waals surface area contributed by atoms with E-state index < -0.39 is 0 Å². The van der Waals surface area contributed by atoms with Gasteiger partial charge >= 0.3 is 0 Å². The van der Waals surface area contributed by atoms with Crippen molar-refractivity contribution in [1.29, 1.82) is 0 Å². The highest BCUT2D eigenvalue weighted by atomic mass is 15.1. The van der Waals surface area contributed by atoms with Crippen LogP contribution in [0.5, 0.6) is 0 Å². The quantitative estimate of drug-likeness (QED) is 0.478. The van der Waals surface area contributed by atoms with Gasteiger partial charge in [0.25, 0.3) is 0 Å². The van der Waals surface area contributed by atoms with E-state index in [0.717, 1.165) is 34.2 Å². The van der Waals surface area contributed by atoms with E-state index in [1.165, 1.54) is 11.1 Å². The molecule has 2 aromatic heterocycles. The molecule has 3 nitrogen and oxygen atoms in total. The molecule has 0 amide bonds. The van der Waals surface area contributed by atoms with Gasteiger partial charge in [0.1, 0.15) is 11.6 Å². The molecule has 4 aromatic rings. The number of pyridine rings is 2. The van der Waals surface area contributed by atoms with Gasteiger partial charge in [0.05, 0.1) is 11.4 Å². The Morgan fingerprint density at radius 1 is 0.519 bits per heavy atom. The molecule has 132 valence electrons. The Morgan fingerprint density at radius 3 is 1.41 bits per heavy atom. The molecule has 0 aliphatic rings. The number of hydrogen-bond acceptors (Lipinski definition) is 3. The van der Waals surface area contributed by atoms with Crippen LogP contribution in [0.1, 0.15) is 11.1 Å². The largest absolute Gasteiger partial charge is 0.325 e. The van der Waals surface area contributed by atoms with Crippen LogP contribution in [0, 0.1) is 13.8 Å². The van der Waals surface area contributed by atoms with Gasteiger partial charge in [0, 0.05) is 11.1 Å². The van der Waals surface area contributed by atoms with E-state index in [0.29, 0.717) is 0 Å². The molecule has 0 saturated heterocycles. The summed E-state index contributed by atoms with van der Waals surface area (Å²) in [5.41, 5.74) is 6.61. The molecule has 0 atom stereocenters. The predicted molar refractivity (Wildman–Crippen MR) is 112 cm³/mol. The Bertz CT molecular complexity index is 999. The van der Waals surface area contributed by atoms with Crippen molar-refractivity contribution in [3.63, 3.8) is 0 Å². The van der Waals surface area contributed by atoms with Gasteiger partial charge in [0.15, 0.2) is 0 Å². The smallest absolute Gasteiger partial charge is 0.132 e. The van der Waals surface area contributed by atoms with E-state index in [1.807, 2.05) is 60.7 Å². The Labute approximate surface area is 159 Å². The summed E-state index contributed by atoms with van der Waals surface area (Å²) in [6, 6.07) is 28.6. The minimum absolute atomic E-state index is 0.783. The lowest BCUT2D eigenvalue weighted by Crippen LogP contribution is -1.98. The molecule has 3 heteroatoms. The second-order valence-corrected chi connectivity index (χ2v) is 6.57. The minimum Gasteiger partial charge on any atom is -0.325 e. The molecule has 1 N–H and O–H groups in total. The van der Waals surface area contributed by atoms with Crippen LogP contribution in [0.4, 0.5) is 11.6 Å². The van der Waals surface area contributed by atoms with Gasteiger partial charge < -0.3 is 5.32 Å². The standard InChI is InChI=1S/C24H21N3/c1-17-9-3-5-11-19(17)21-13-7-15-23(25-21)27-24-16-8-14-22(26-24)20-12-6-4-10-18(20)2/h3-16H,1-2H3,(H,25,26,27). The third kappa shape index (κ3) is 3.72. The fraction of sp³-hybridized carbons (Fsp3) is 0.0833. The highest BCUT2D eigenvalue weighted by Crippen LogP contribution is 2.25. The van der Waals surface area contributed by atoms with E-state index in [4.69, 9.17) is 9.97 Å². The maximum atomic E-state index is 4.77. The summed E-state index contributed by atoms with van der Waals surface area (Å²) in [6.45, 7) is 4.20. The van der Waals surface area contributed by atoms with Crippen LogP contribution in [0.15, 0.2) is 84.9 Å².